The predicted octanol–water partition coefficient (Wildman–Crippen LogP) is 2.24. The zero-order chi connectivity index (χ0) is 10.1. The fraction of sp³-hybridized carbons (Fsp3) is 1.00. The van der Waals surface area contributed by atoms with Crippen molar-refractivity contribution in [1.82, 2.24) is 4.90 Å². The Bertz CT molecular complexity index is 104. The molecule has 0 bridgehead atoms. The fourth-order valence-corrected chi connectivity index (χ4v) is 1.33. The average molecular weight is 186 g/mol. The summed E-state index contributed by atoms with van der Waals surface area (Å²) in [6.45, 7) is 6.78. The minimum atomic E-state index is 0.397. The van der Waals surface area contributed by atoms with Crippen molar-refractivity contribution in [1.29, 1.82) is 0 Å². The van der Waals surface area contributed by atoms with E-state index in [4.69, 9.17) is 5.73 Å². The van der Waals surface area contributed by atoms with Crippen LogP contribution in [0, 0.1) is 0 Å². The number of hydrogen-bond donors (Lipinski definition) is 1. The number of nitrogens with two attached hydrogens (primary N) is 1. The van der Waals surface area contributed by atoms with Crippen LogP contribution in [0.5, 0.6) is 0 Å². The van der Waals surface area contributed by atoms with E-state index >= 15 is 0 Å². The molecule has 0 aromatic carbocycles. The molecule has 0 saturated heterocycles. The third-order valence-electron chi connectivity index (χ3n) is 2.55. The number of rotatable bonds is 8. The third kappa shape index (κ3) is 8.26. The maximum atomic E-state index is 5.85. The predicted molar refractivity (Wildman–Crippen MR) is 59.9 cm³/mol. The molecule has 0 aliphatic rings. The van der Waals surface area contributed by atoms with E-state index in [9.17, 15) is 0 Å². The molecule has 0 radical (unpaired) electrons. The SMILES string of the molecule is CCCCCN(C)CCC(N)CC. The molecular formula is C11H26N2. The Morgan fingerprint density at radius 2 is 1.85 bits per heavy atom. The van der Waals surface area contributed by atoms with Crippen molar-refractivity contribution < 1.29 is 0 Å². The molecule has 0 aliphatic heterocycles. The van der Waals surface area contributed by atoms with Gasteiger partial charge in [-0.25, -0.2) is 0 Å². The molecule has 0 aromatic heterocycles. The summed E-state index contributed by atoms with van der Waals surface area (Å²) in [6, 6.07) is 0.397. The second-order valence-electron chi connectivity index (χ2n) is 3.97. The molecule has 0 amide bonds. The highest BCUT2D eigenvalue weighted by Gasteiger charge is 2.01. The molecule has 0 rings (SSSR count). The highest BCUT2D eigenvalue weighted by atomic mass is 15.1. The van der Waals surface area contributed by atoms with Gasteiger partial charge < -0.3 is 10.6 Å². The fourth-order valence-electron chi connectivity index (χ4n) is 1.33. The van der Waals surface area contributed by atoms with Crippen LogP contribution in [0.1, 0.15) is 46.0 Å². The zero-order valence-electron chi connectivity index (χ0n) is 9.55. The van der Waals surface area contributed by atoms with Crippen molar-refractivity contribution in [2.75, 3.05) is 20.1 Å². The van der Waals surface area contributed by atoms with Gasteiger partial charge in [-0.15, -0.1) is 0 Å². The second-order valence-corrected chi connectivity index (χ2v) is 3.97. The van der Waals surface area contributed by atoms with Gasteiger partial charge in [0, 0.05) is 6.04 Å². The van der Waals surface area contributed by atoms with E-state index in [1.165, 1.54) is 25.8 Å². The first-order valence-electron chi connectivity index (χ1n) is 5.64. The Labute approximate surface area is 83.5 Å². The minimum Gasteiger partial charge on any atom is -0.328 e. The molecule has 1 atom stereocenters. The molecule has 2 N–H and O–H groups in total. The number of unbranched alkanes of at least 4 members (excludes halogenated alkanes) is 2. The lowest BCUT2D eigenvalue weighted by atomic mass is 10.1. The summed E-state index contributed by atoms with van der Waals surface area (Å²) in [5, 5.41) is 0. The van der Waals surface area contributed by atoms with Crippen molar-refractivity contribution in [3.63, 3.8) is 0 Å². The van der Waals surface area contributed by atoms with Gasteiger partial charge in [-0.2, -0.15) is 0 Å². The molecule has 80 valence electrons. The smallest absolute Gasteiger partial charge is 0.00483 e. The van der Waals surface area contributed by atoms with Crippen LogP contribution >= 0.6 is 0 Å². The molecule has 0 aliphatic carbocycles. The second kappa shape index (κ2) is 8.52. The lowest BCUT2D eigenvalue weighted by molar-refractivity contribution is 0.309. The van der Waals surface area contributed by atoms with Crippen molar-refractivity contribution >= 4 is 0 Å². The summed E-state index contributed by atoms with van der Waals surface area (Å²) in [5.74, 6) is 0. The lowest BCUT2D eigenvalue weighted by Crippen LogP contribution is -2.28. The van der Waals surface area contributed by atoms with E-state index in [1.807, 2.05) is 0 Å². The van der Waals surface area contributed by atoms with Gasteiger partial charge in [-0.1, -0.05) is 26.7 Å². The standard InChI is InChI=1S/C11H26N2/c1-4-6-7-9-13(3)10-8-11(12)5-2/h11H,4-10,12H2,1-3H3. The van der Waals surface area contributed by atoms with Crippen LogP contribution in [0.15, 0.2) is 0 Å². The van der Waals surface area contributed by atoms with Crippen LogP contribution in [0.25, 0.3) is 0 Å². The van der Waals surface area contributed by atoms with E-state index in [1.54, 1.807) is 0 Å². The lowest BCUT2D eigenvalue weighted by Gasteiger charge is -2.18. The molecule has 0 spiro atoms. The topological polar surface area (TPSA) is 29.3 Å². The molecular weight excluding hydrogens is 160 g/mol. The minimum absolute atomic E-state index is 0.397. The van der Waals surface area contributed by atoms with Crippen molar-refractivity contribution in [3.8, 4) is 0 Å². The largest absolute Gasteiger partial charge is 0.328 e. The molecule has 13 heavy (non-hydrogen) atoms. The highest BCUT2D eigenvalue weighted by Crippen LogP contribution is 1.99. The van der Waals surface area contributed by atoms with Gasteiger partial charge in [0.15, 0.2) is 0 Å². The Hall–Kier alpha value is -0.0800. The van der Waals surface area contributed by atoms with E-state index < -0.39 is 0 Å². The Morgan fingerprint density at radius 1 is 1.15 bits per heavy atom. The molecule has 1 unspecified atom stereocenters. The van der Waals surface area contributed by atoms with Gasteiger partial charge in [-0.05, 0) is 39.4 Å². The summed E-state index contributed by atoms with van der Waals surface area (Å²) in [7, 11) is 2.19. The average Bonchev–Trinajstić information content (AvgIpc) is 2.14. The zero-order valence-corrected chi connectivity index (χ0v) is 9.55. The molecule has 0 heterocycles. The van der Waals surface area contributed by atoms with E-state index in [0.717, 1.165) is 19.4 Å². The van der Waals surface area contributed by atoms with Crippen LogP contribution in [-0.4, -0.2) is 31.1 Å². The van der Waals surface area contributed by atoms with Gasteiger partial charge in [0.2, 0.25) is 0 Å². The van der Waals surface area contributed by atoms with E-state index in [2.05, 4.69) is 25.8 Å². The quantitative estimate of drug-likeness (QED) is 0.589. The summed E-state index contributed by atoms with van der Waals surface area (Å²) in [6.07, 6.45) is 6.22. The summed E-state index contributed by atoms with van der Waals surface area (Å²) in [5.41, 5.74) is 5.85. The Balaban J connectivity index is 3.24. The van der Waals surface area contributed by atoms with Crippen LogP contribution in [0.4, 0.5) is 0 Å². The number of hydrogen-bond acceptors (Lipinski definition) is 2. The maximum absolute atomic E-state index is 5.85. The Morgan fingerprint density at radius 3 is 2.38 bits per heavy atom. The first kappa shape index (κ1) is 12.9. The first-order chi connectivity index (χ1) is 6.20. The Kier molecular flexibility index (Phi) is 8.46. The number of nitrogens with zero attached hydrogens (tertiary/aromatic N) is 1. The highest BCUT2D eigenvalue weighted by molar-refractivity contribution is 4.61. The molecule has 2 heteroatoms. The van der Waals surface area contributed by atoms with E-state index in [-0.39, 0.29) is 0 Å². The normalized spacial score (nSPS) is 13.6. The van der Waals surface area contributed by atoms with Crippen molar-refractivity contribution in [2.24, 2.45) is 5.73 Å². The summed E-state index contributed by atoms with van der Waals surface area (Å²) in [4.78, 5) is 2.39. The van der Waals surface area contributed by atoms with Gasteiger partial charge >= 0.3 is 0 Å². The molecule has 0 aromatic rings. The van der Waals surface area contributed by atoms with Crippen LogP contribution in [0.2, 0.25) is 0 Å². The van der Waals surface area contributed by atoms with E-state index in [0.29, 0.717) is 6.04 Å². The van der Waals surface area contributed by atoms with Gasteiger partial charge in [0.05, 0.1) is 0 Å². The van der Waals surface area contributed by atoms with Crippen LogP contribution < -0.4 is 5.73 Å². The monoisotopic (exact) mass is 186 g/mol. The van der Waals surface area contributed by atoms with Crippen molar-refractivity contribution in [3.05, 3.63) is 0 Å². The van der Waals surface area contributed by atoms with Gasteiger partial charge in [0.25, 0.3) is 0 Å². The van der Waals surface area contributed by atoms with Gasteiger partial charge in [-0.3, -0.25) is 0 Å². The summed E-state index contributed by atoms with van der Waals surface area (Å²) >= 11 is 0. The van der Waals surface area contributed by atoms with Crippen molar-refractivity contribution in [2.45, 2.75) is 52.0 Å². The molecule has 0 fully saturated rings. The van der Waals surface area contributed by atoms with Gasteiger partial charge in [0.1, 0.15) is 0 Å². The van der Waals surface area contributed by atoms with Crippen LogP contribution in [-0.2, 0) is 0 Å². The molecule has 2 nitrogen and oxygen atoms in total. The first-order valence-corrected chi connectivity index (χ1v) is 5.64. The van der Waals surface area contributed by atoms with Crippen LogP contribution in [0.3, 0.4) is 0 Å². The third-order valence-corrected chi connectivity index (χ3v) is 2.55. The summed E-state index contributed by atoms with van der Waals surface area (Å²) < 4.78 is 0. The molecule has 0 saturated carbocycles. The maximum Gasteiger partial charge on any atom is 0.00483 e.